The van der Waals surface area contributed by atoms with Crippen LogP contribution in [0.5, 0.6) is 5.75 Å². The van der Waals surface area contributed by atoms with E-state index in [2.05, 4.69) is 40.6 Å². The number of hydrogen-bond acceptors (Lipinski definition) is 4. The molecular formula is C20H17ClN2OS. The van der Waals surface area contributed by atoms with Gasteiger partial charge in [0.2, 0.25) is 0 Å². The Morgan fingerprint density at radius 3 is 2.76 bits per heavy atom. The predicted octanol–water partition coefficient (Wildman–Crippen LogP) is 5.24. The minimum Gasteiger partial charge on any atom is -0.507 e. The van der Waals surface area contributed by atoms with Crippen LogP contribution < -0.4 is 5.32 Å². The maximum Gasteiger partial charge on any atom is 0.125 e. The van der Waals surface area contributed by atoms with E-state index in [-0.39, 0.29) is 5.75 Å². The largest absolute Gasteiger partial charge is 0.507 e. The third-order valence-corrected chi connectivity index (χ3v) is 5.55. The Morgan fingerprint density at radius 2 is 2.00 bits per heavy atom. The second-order valence-electron chi connectivity index (χ2n) is 5.98. The average molecular weight is 369 g/mol. The minimum atomic E-state index is 0.181. The second kappa shape index (κ2) is 6.64. The number of fused-ring (bicyclic) bond motifs is 3. The van der Waals surface area contributed by atoms with Crippen LogP contribution >= 0.6 is 22.9 Å². The molecule has 0 saturated carbocycles. The number of rotatable bonds is 4. The van der Waals surface area contributed by atoms with Gasteiger partial charge in [-0.3, -0.25) is 4.98 Å². The first-order valence-electron chi connectivity index (χ1n) is 8.10. The molecule has 5 heteroatoms. The Bertz CT molecular complexity index is 1060. The highest BCUT2D eigenvalue weighted by molar-refractivity contribution is 7.17. The third kappa shape index (κ3) is 2.86. The topological polar surface area (TPSA) is 45.1 Å². The van der Waals surface area contributed by atoms with Crippen LogP contribution in [0, 0.1) is 0 Å². The number of phenols is 1. The molecule has 0 radical (unpaired) electrons. The van der Waals surface area contributed by atoms with Crippen molar-refractivity contribution in [3.8, 4) is 16.9 Å². The number of thiophene rings is 1. The number of nitrogens with one attached hydrogen (secondary N) is 1. The van der Waals surface area contributed by atoms with Crippen molar-refractivity contribution in [3.63, 3.8) is 0 Å². The number of likely N-dealkylation sites (N-methyl/N-ethyl adjacent to an activating group) is 1. The standard InChI is InChI=1S/C20H17ClN2OS/c1-22-8-6-12-2-4-13(5-3-12)18-16(24)10-15(21)20-19(18)14-7-9-25-17(14)11-23-20/h2-5,7,9-11,22,24H,6,8H2,1H3. The molecule has 2 heterocycles. The zero-order chi connectivity index (χ0) is 17.4. The van der Waals surface area contributed by atoms with Gasteiger partial charge in [0, 0.05) is 28.6 Å². The highest BCUT2D eigenvalue weighted by atomic mass is 35.5. The van der Waals surface area contributed by atoms with Gasteiger partial charge in [0.15, 0.2) is 0 Å². The Labute approximate surface area is 154 Å². The minimum absolute atomic E-state index is 0.181. The van der Waals surface area contributed by atoms with Crippen LogP contribution in [0.3, 0.4) is 0 Å². The smallest absolute Gasteiger partial charge is 0.125 e. The average Bonchev–Trinajstić information content (AvgIpc) is 3.10. The van der Waals surface area contributed by atoms with E-state index in [1.54, 1.807) is 17.4 Å². The Hall–Kier alpha value is -2.14. The lowest BCUT2D eigenvalue weighted by Crippen LogP contribution is -2.10. The van der Waals surface area contributed by atoms with Gasteiger partial charge in [0.25, 0.3) is 0 Å². The summed E-state index contributed by atoms with van der Waals surface area (Å²) in [5, 5.41) is 18.3. The lowest BCUT2D eigenvalue weighted by Gasteiger charge is -2.12. The van der Waals surface area contributed by atoms with E-state index in [0.717, 1.165) is 45.1 Å². The van der Waals surface area contributed by atoms with Gasteiger partial charge in [-0.15, -0.1) is 11.3 Å². The maximum atomic E-state index is 10.6. The van der Waals surface area contributed by atoms with Gasteiger partial charge >= 0.3 is 0 Å². The van der Waals surface area contributed by atoms with Crippen molar-refractivity contribution in [2.75, 3.05) is 13.6 Å². The molecule has 3 nitrogen and oxygen atoms in total. The summed E-state index contributed by atoms with van der Waals surface area (Å²) in [6.45, 7) is 0.938. The fraction of sp³-hybridized carbons (Fsp3) is 0.150. The summed E-state index contributed by atoms with van der Waals surface area (Å²) in [5.41, 5.74) is 3.73. The van der Waals surface area contributed by atoms with E-state index in [1.165, 1.54) is 5.56 Å². The number of phenolic OH excluding ortho intramolecular Hbond substituents is 1. The molecule has 0 spiro atoms. The third-order valence-electron chi connectivity index (χ3n) is 4.41. The van der Waals surface area contributed by atoms with Crippen LogP contribution in [-0.2, 0) is 6.42 Å². The first-order chi connectivity index (χ1) is 12.2. The summed E-state index contributed by atoms with van der Waals surface area (Å²) in [7, 11) is 1.95. The van der Waals surface area contributed by atoms with Crippen LogP contribution in [0.4, 0.5) is 0 Å². The van der Waals surface area contributed by atoms with E-state index < -0.39 is 0 Å². The van der Waals surface area contributed by atoms with Gasteiger partial charge in [0.1, 0.15) is 5.75 Å². The van der Waals surface area contributed by atoms with Crippen molar-refractivity contribution in [1.82, 2.24) is 10.3 Å². The molecule has 2 aromatic carbocycles. The molecule has 0 aliphatic carbocycles. The molecule has 0 atom stereocenters. The summed E-state index contributed by atoms with van der Waals surface area (Å²) in [6.07, 6.45) is 2.82. The molecule has 0 fully saturated rings. The maximum absolute atomic E-state index is 10.6. The highest BCUT2D eigenvalue weighted by Crippen LogP contribution is 2.43. The summed E-state index contributed by atoms with van der Waals surface area (Å²) >= 11 is 7.98. The van der Waals surface area contributed by atoms with Crippen LogP contribution in [-0.4, -0.2) is 23.7 Å². The molecular weight excluding hydrogens is 352 g/mol. The number of nitrogens with zero attached hydrogens (tertiary/aromatic N) is 1. The van der Waals surface area contributed by atoms with E-state index in [9.17, 15) is 5.11 Å². The Balaban J connectivity index is 1.96. The second-order valence-corrected chi connectivity index (χ2v) is 7.34. The summed E-state index contributed by atoms with van der Waals surface area (Å²) in [4.78, 5) is 4.53. The molecule has 126 valence electrons. The SMILES string of the molecule is CNCCc1ccc(-c2c(O)cc(Cl)c3ncc4sccc4c23)cc1. The molecule has 0 unspecified atom stereocenters. The summed E-state index contributed by atoms with van der Waals surface area (Å²) in [6, 6.07) is 12.0. The number of hydrogen-bond donors (Lipinski definition) is 2. The Kier molecular flexibility index (Phi) is 4.34. The molecule has 0 aliphatic rings. The quantitative estimate of drug-likeness (QED) is 0.518. The van der Waals surface area contributed by atoms with Gasteiger partial charge in [-0.2, -0.15) is 0 Å². The molecule has 0 bridgehead atoms. The molecule has 0 saturated heterocycles. The van der Waals surface area contributed by atoms with Crippen molar-refractivity contribution in [3.05, 3.63) is 58.6 Å². The normalized spacial score (nSPS) is 11.4. The molecule has 4 aromatic rings. The van der Waals surface area contributed by atoms with E-state index in [1.807, 2.05) is 18.6 Å². The number of pyridine rings is 1. The van der Waals surface area contributed by atoms with Gasteiger partial charge in [0.05, 0.1) is 15.2 Å². The first-order valence-corrected chi connectivity index (χ1v) is 9.36. The fourth-order valence-corrected chi connectivity index (χ4v) is 4.17. The van der Waals surface area contributed by atoms with Crippen molar-refractivity contribution in [2.45, 2.75) is 6.42 Å². The van der Waals surface area contributed by atoms with Crippen LogP contribution in [0.2, 0.25) is 5.02 Å². The number of aromatic hydroxyl groups is 1. The molecule has 2 aromatic heterocycles. The monoisotopic (exact) mass is 368 g/mol. The molecule has 0 aliphatic heterocycles. The Morgan fingerprint density at radius 1 is 1.20 bits per heavy atom. The van der Waals surface area contributed by atoms with Crippen LogP contribution in [0.15, 0.2) is 48.0 Å². The van der Waals surface area contributed by atoms with E-state index >= 15 is 0 Å². The van der Waals surface area contributed by atoms with Crippen molar-refractivity contribution in [1.29, 1.82) is 0 Å². The zero-order valence-corrected chi connectivity index (χ0v) is 15.3. The summed E-state index contributed by atoms with van der Waals surface area (Å²) < 4.78 is 1.08. The van der Waals surface area contributed by atoms with Gasteiger partial charge < -0.3 is 10.4 Å². The van der Waals surface area contributed by atoms with Crippen LogP contribution in [0.1, 0.15) is 5.56 Å². The molecule has 2 N–H and O–H groups in total. The number of benzene rings is 2. The lowest BCUT2D eigenvalue weighted by molar-refractivity contribution is 0.478. The van der Waals surface area contributed by atoms with Crippen molar-refractivity contribution >= 4 is 43.9 Å². The summed E-state index contributed by atoms with van der Waals surface area (Å²) in [5.74, 6) is 0.181. The number of halogens is 1. The first kappa shape index (κ1) is 16.3. The van der Waals surface area contributed by atoms with Crippen molar-refractivity contribution in [2.24, 2.45) is 0 Å². The number of aromatic nitrogens is 1. The van der Waals surface area contributed by atoms with Gasteiger partial charge in [-0.05, 0) is 42.6 Å². The predicted molar refractivity (Wildman–Crippen MR) is 107 cm³/mol. The van der Waals surface area contributed by atoms with Crippen LogP contribution in [0.25, 0.3) is 32.1 Å². The van der Waals surface area contributed by atoms with Gasteiger partial charge in [-0.1, -0.05) is 35.9 Å². The van der Waals surface area contributed by atoms with Gasteiger partial charge in [-0.25, -0.2) is 0 Å². The van der Waals surface area contributed by atoms with E-state index in [4.69, 9.17) is 11.6 Å². The molecule has 4 rings (SSSR count). The molecule has 0 amide bonds. The van der Waals surface area contributed by atoms with E-state index in [0.29, 0.717) is 5.02 Å². The fourth-order valence-electron chi connectivity index (χ4n) is 3.17. The van der Waals surface area contributed by atoms with Crippen molar-refractivity contribution < 1.29 is 5.11 Å². The lowest BCUT2D eigenvalue weighted by atomic mass is 9.96. The zero-order valence-electron chi connectivity index (χ0n) is 13.7. The highest BCUT2D eigenvalue weighted by Gasteiger charge is 2.17. The molecule has 25 heavy (non-hydrogen) atoms.